The van der Waals surface area contributed by atoms with E-state index in [0.29, 0.717) is 0 Å². The molecule has 0 fully saturated rings. The van der Waals surface area contributed by atoms with Crippen molar-refractivity contribution in [2.24, 2.45) is 0 Å². The topological polar surface area (TPSA) is 0 Å². The van der Waals surface area contributed by atoms with Gasteiger partial charge in [0.1, 0.15) is 0 Å². The maximum absolute atomic E-state index is 4.73. The van der Waals surface area contributed by atoms with E-state index < -0.39 is 0 Å². The van der Waals surface area contributed by atoms with Gasteiger partial charge in [0.05, 0.1) is 0 Å². The molecule has 4 heteroatoms. The summed E-state index contributed by atoms with van der Waals surface area (Å²) in [6.07, 6.45) is 4.25. The standard InChI is InChI=1S/C3H7BS3/c1-2-3-4-7(5)6/h2-3H2,1H3. The fraction of sp³-hybridized carbons (Fsp3) is 1.00. The van der Waals surface area contributed by atoms with Crippen molar-refractivity contribution in [3.8, 4) is 0 Å². The van der Waals surface area contributed by atoms with Gasteiger partial charge in [0, 0.05) is 0 Å². The normalized spacial score (nSPS) is 7.57. The number of hydrogen-bond donors (Lipinski definition) is 0. The summed E-state index contributed by atoms with van der Waals surface area (Å²) < 4.78 is 0. The van der Waals surface area contributed by atoms with E-state index in [0.717, 1.165) is 12.7 Å². The van der Waals surface area contributed by atoms with Crippen molar-refractivity contribution >= 4 is 36.0 Å². The molecule has 0 aliphatic rings. The monoisotopic (exact) mass is 150 g/mol. The van der Waals surface area contributed by atoms with Gasteiger partial charge in [-0.1, -0.05) is 0 Å². The molecule has 0 aromatic carbocycles. The molecule has 0 N–H and O–H groups in total. The second kappa shape index (κ2) is 4.87. The van der Waals surface area contributed by atoms with Crippen LogP contribution in [0.3, 0.4) is 0 Å². The first-order valence-electron chi connectivity index (χ1n) is 2.18. The van der Waals surface area contributed by atoms with Crippen LogP contribution in [-0.2, 0) is 29.8 Å². The van der Waals surface area contributed by atoms with Gasteiger partial charge in [0.2, 0.25) is 0 Å². The summed E-state index contributed by atoms with van der Waals surface area (Å²) in [4.78, 5) is 0. The average Bonchev–Trinajstić information content (AvgIpc) is 1.61. The van der Waals surface area contributed by atoms with E-state index in [1.807, 2.05) is 6.15 Å². The summed E-state index contributed by atoms with van der Waals surface area (Å²) in [6, 6.07) is 0. The molecule has 0 heterocycles. The first kappa shape index (κ1) is 7.72. The van der Waals surface area contributed by atoms with E-state index >= 15 is 0 Å². The van der Waals surface area contributed by atoms with E-state index in [4.69, 9.17) is 22.4 Å². The van der Waals surface area contributed by atoms with Crippen molar-refractivity contribution in [2.75, 3.05) is 0 Å². The minimum absolute atomic E-state index is 0.274. The molecule has 0 aliphatic carbocycles. The van der Waals surface area contributed by atoms with E-state index in [2.05, 4.69) is 6.92 Å². The fourth-order valence-corrected chi connectivity index (χ4v) is 1.22. The Morgan fingerprint density at radius 2 is 2.14 bits per heavy atom. The van der Waals surface area contributed by atoms with Gasteiger partial charge in [-0.15, -0.1) is 0 Å². The summed E-state index contributed by atoms with van der Waals surface area (Å²) in [6.45, 7) is 2.12. The average molecular weight is 150 g/mol. The summed E-state index contributed by atoms with van der Waals surface area (Å²) in [5.74, 6) is 0. The molecule has 7 heavy (non-hydrogen) atoms. The first-order valence-corrected chi connectivity index (χ1v) is 5.32. The van der Waals surface area contributed by atoms with Gasteiger partial charge >= 0.3 is 55.6 Å². The summed E-state index contributed by atoms with van der Waals surface area (Å²) in [5.41, 5.74) is 0. The molecule has 0 saturated heterocycles. The third-order valence-electron chi connectivity index (χ3n) is 0.543. The van der Waals surface area contributed by atoms with E-state index in [1.54, 1.807) is 0 Å². The maximum atomic E-state index is 4.73. The van der Waals surface area contributed by atoms with Gasteiger partial charge in [-0.25, -0.2) is 0 Å². The Morgan fingerprint density at radius 1 is 1.57 bits per heavy atom. The van der Waals surface area contributed by atoms with Crippen molar-refractivity contribution in [2.45, 2.75) is 19.7 Å². The molecule has 40 valence electrons. The third-order valence-corrected chi connectivity index (χ3v) is 1.87. The Kier molecular flexibility index (Phi) is 5.38. The van der Waals surface area contributed by atoms with Gasteiger partial charge in [0.25, 0.3) is 0 Å². The van der Waals surface area contributed by atoms with Gasteiger partial charge < -0.3 is 0 Å². The van der Waals surface area contributed by atoms with E-state index in [1.165, 1.54) is 0 Å². The van der Waals surface area contributed by atoms with Crippen molar-refractivity contribution < 1.29 is 0 Å². The number of rotatable bonds is 2. The molecule has 0 spiro atoms. The number of hydrogen-bond acceptors (Lipinski definition) is 2. The molecule has 0 unspecified atom stereocenters. The molecule has 0 saturated carbocycles. The van der Waals surface area contributed by atoms with Crippen LogP contribution < -0.4 is 0 Å². The minimum atomic E-state index is -0.274. The van der Waals surface area contributed by atoms with Gasteiger partial charge in [0.15, 0.2) is 0 Å². The van der Waals surface area contributed by atoms with Gasteiger partial charge in [-0.05, 0) is 0 Å². The zero-order valence-electron chi connectivity index (χ0n) is 4.22. The zero-order chi connectivity index (χ0) is 5.70. The van der Waals surface area contributed by atoms with Gasteiger partial charge in [-0.2, -0.15) is 0 Å². The predicted molar refractivity (Wildman–Crippen MR) is 42.9 cm³/mol. The van der Waals surface area contributed by atoms with Crippen molar-refractivity contribution in [3.05, 3.63) is 0 Å². The predicted octanol–water partition coefficient (Wildman–Crippen LogP) is 0.976. The second-order valence-corrected chi connectivity index (χ2v) is 4.86. The van der Waals surface area contributed by atoms with E-state index in [-0.39, 0.29) is 7.44 Å². The SMILES string of the molecule is CCCB=S(=S)=S. The Hall–Kier alpha value is 0.725. The van der Waals surface area contributed by atoms with Crippen molar-refractivity contribution in [1.82, 2.24) is 0 Å². The Bertz CT molecular complexity index is 136. The molecule has 0 bridgehead atoms. The van der Waals surface area contributed by atoms with Crippen LogP contribution in [0.25, 0.3) is 0 Å². The molecule has 0 rings (SSSR count). The molecule has 0 aromatic rings. The molecule has 0 aliphatic heterocycles. The summed E-state index contributed by atoms with van der Waals surface area (Å²) >= 11 is 9.46. The van der Waals surface area contributed by atoms with Crippen LogP contribution in [0.1, 0.15) is 13.3 Å². The first-order chi connectivity index (χ1) is 3.27. The molecule has 0 amide bonds. The van der Waals surface area contributed by atoms with Crippen LogP contribution >= 0.6 is 0 Å². The van der Waals surface area contributed by atoms with Gasteiger partial charge in [-0.3, -0.25) is 0 Å². The van der Waals surface area contributed by atoms with Crippen LogP contribution in [0, 0.1) is 0 Å². The van der Waals surface area contributed by atoms with Crippen LogP contribution in [0.5, 0.6) is 0 Å². The quantitative estimate of drug-likeness (QED) is 0.538. The fourth-order valence-electron chi connectivity index (χ4n) is 0.214. The molecule has 0 nitrogen and oxygen atoms in total. The van der Waals surface area contributed by atoms with Crippen molar-refractivity contribution in [3.63, 3.8) is 0 Å². The molecular formula is C3H7BS3. The zero-order valence-corrected chi connectivity index (χ0v) is 6.67. The Morgan fingerprint density at radius 3 is 2.29 bits per heavy atom. The summed E-state index contributed by atoms with van der Waals surface area (Å²) in [7, 11) is -0.274. The van der Waals surface area contributed by atoms with Crippen LogP contribution in [0.4, 0.5) is 0 Å². The van der Waals surface area contributed by atoms with Crippen LogP contribution in [0.15, 0.2) is 0 Å². The Balaban J connectivity index is 3.49. The third kappa shape index (κ3) is 6.72. The van der Waals surface area contributed by atoms with Crippen LogP contribution in [-0.4, -0.2) is 6.15 Å². The van der Waals surface area contributed by atoms with Crippen molar-refractivity contribution in [1.29, 1.82) is 0 Å². The molecule has 0 atom stereocenters. The van der Waals surface area contributed by atoms with Crippen LogP contribution in [0.2, 0.25) is 6.32 Å². The van der Waals surface area contributed by atoms with E-state index in [9.17, 15) is 0 Å². The second-order valence-electron chi connectivity index (χ2n) is 1.22. The molecular weight excluding hydrogens is 143 g/mol. The molecule has 0 radical (unpaired) electrons. The Labute approximate surface area is 55.8 Å². The molecule has 0 aromatic heterocycles. The summed E-state index contributed by atoms with van der Waals surface area (Å²) in [5, 5.41) is 0.